The van der Waals surface area contributed by atoms with E-state index in [0.717, 1.165) is 24.5 Å². The SMILES string of the molecule is COC[C@H]1[C@@H](NC(=O)c2csc(Cc3ccccc3)n2)[C@H]2CCO[C@H]21. The number of amides is 1. The molecule has 0 spiro atoms. The maximum atomic E-state index is 12.6. The number of carbonyl (C=O) groups is 1. The van der Waals surface area contributed by atoms with E-state index in [1.807, 2.05) is 23.6 Å². The number of benzene rings is 1. The zero-order valence-corrected chi connectivity index (χ0v) is 15.0. The van der Waals surface area contributed by atoms with E-state index in [1.54, 1.807) is 7.11 Å². The van der Waals surface area contributed by atoms with Gasteiger partial charge < -0.3 is 14.8 Å². The molecule has 1 aromatic carbocycles. The van der Waals surface area contributed by atoms with Gasteiger partial charge in [0.25, 0.3) is 5.91 Å². The number of hydrogen-bond donors (Lipinski definition) is 1. The van der Waals surface area contributed by atoms with Gasteiger partial charge in [-0.05, 0) is 12.0 Å². The topological polar surface area (TPSA) is 60.5 Å². The van der Waals surface area contributed by atoms with Gasteiger partial charge in [-0.25, -0.2) is 4.98 Å². The molecule has 0 bridgehead atoms. The Labute approximate surface area is 151 Å². The molecule has 1 saturated heterocycles. The Balaban J connectivity index is 1.40. The normalized spacial score (nSPS) is 27.6. The van der Waals surface area contributed by atoms with Crippen molar-refractivity contribution < 1.29 is 14.3 Å². The fraction of sp³-hybridized carbons (Fsp3) is 0.474. The van der Waals surface area contributed by atoms with Crippen LogP contribution in [-0.4, -0.2) is 43.4 Å². The van der Waals surface area contributed by atoms with Gasteiger partial charge in [0, 0.05) is 43.4 Å². The van der Waals surface area contributed by atoms with Crippen LogP contribution in [0.25, 0.3) is 0 Å². The number of carbonyl (C=O) groups excluding carboxylic acids is 1. The van der Waals surface area contributed by atoms with Crippen LogP contribution in [0.3, 0.4) is 0 Å². The standard InChI is InChI=1S/C19H22N2O3S/c1-23-10-14-17(13-7-8-24-18(13)14)21-19(22)15-11-25-16(20-15)9-12-5-3-2-4-6-12/h2-6,11,13-14,17-18H,7-10H2,1H3,(H,21,22)/t13-,14+,17+,18-/m1/s1. The second kappa shape index (κ2) is 7.23. The molecule has 2 heterocycles. The largest absolute Gasteiger partial charge is 0.384 e. The summed E-state index contributed by atoms with van der Waals surface area (Å²) in [4.78, 5) is 17.1. The smallest absolute Gasteiger partial charge is 0.271 e. The summed E-state index contributed by atoms with van der Waals surface area (Å²) in [6.45, 7) is 1.39. The maximum absolute atomic E-state index is 12.6. The van der Waals surface area contributed by atoms with Gasteiger partial charge in [0.1, 0.15) is 5.69 Å². The van der Waals surface area contributed by atoms with E-state index in [2.05, 4.69) is 22.4 Å². The third-order valence-corrected chi connectivity index (χ3v) is 6.02. The van der Waals surface area contributed by atoms with Crippen molar-refractivity contribution >= 4 is 17.2 Å². The molecule has 1 amide bonds. The van der Waals surface area contributed by atoms with Crippen molar-refractivity contribution in [3.05, 3.63) is 52.0 Å². The maximum Gasteiger partial charge on any atom is 0.271 e. The lowest BCUT2D eigenvalue weighted by atomic mass is 9.67. The summed E-state index contributed by atoms with van der Waals surface area (Å²) in [6.07, 6.45) is 1.99. The number of methoxy groups -OCH3 is 1. The fourth-order valence-electron chi connectivity index (χ4n) is 3.93. The first-order chi connectivity index (χ1) is 12.3. The van der Waals surface area contributed by atoms with E-state index in [-0.39, 0.29) is 24.0 Å². The predicted octanol–water partition coefficient (Wildman–Crippen LogP) is 2.51. The minimum Gasteiger partial charge on any atom is -0.384 e. The molecule has 1 aliphatic carbocycles. The first-order valence-corrected chi connectivity index (χ1v) is 9.54. The summed E-state index contributed by atoms with van der Waals surface area (Å²) >= 11 is 1.53. The van der Waals surface area contributed by atoms with Crippen molar-refractivity contribution in [1.82, 2.24) is 10.3 Å². The van der Waals surface area contributed by atoms with Crippen molar-refractivity contribution in [2.24, 2.45) is 11.8 Å². The highest BCUT2D eigenvalue weighted by Crippen LogP contribution is 2.43. The van der Waals surface area contributed by atoms with Gasteiger partial charge in [0.15, 0.2) is 0 Å². The zero-order valence-electron chi connectivity index (χ0n) is 14.2. The Morgan fingerprint density at radius 3 is 3.04 bits per heavy atom. The van der Waals surface area contributed by atoms with Gasteiger partial charge in [0.2, 0.25) is 0 Å². The van der Waals surface area contributed by atoms with Crippen LogP contribution in [0.2, 0.25) is 0 Å². The second-order valence-corrected chi connectivity index (χ2v) is 7.64. The fourth-order valence-corrected chi connectivity index (χ4v) is 4.74. The number of hydrogen-bond acceptors (Lipinski definition) is 5. The Bertz CT molecular complexity index is 733. The molecular formula is C19H22N2O3S. The van der Waals surface area contributed by atoms with Crippen LogP contribution in [0, 0.1) is 11.8 Å². The summed E-state index contributed by atoms with van der Waals surface area (Å²) in [5.74, 6) is 0.558. The van der Waals surface area contributed by atoms with E-state index < -0.39 is 0 Å². The number of nitrogens with zero attached hydrogens (tertiary/aromatic N) is 1. The monoisotopic (exact) mass is 358 g/mol. The third kappa shape index (κ3) is 3.34. The Hall–Kier alpha value is -1.76. The second-order valence-electron chi connectivity index (χ2n) is 6.70. The van der Waals surface area contributed by atoms with E-state index in [4.69, 9.17) is 9.47 Å². The highest BCUT2D eigenvalue weighted by Gasteiger charge is 2.54. The van der Waals surface area contributed by atoms with E-state index >= 15 is 0 Å². The van der Waals surface area contributed by atoms with Crippen molar-refractivity contribution in [2.45, 2.75) is 25.0 Å². The van der Waals surface area contributed by atoms with Crippen molar-refractivity contribution in [1.29, 1.82) is 0 Å². The van der Waals surface area contributed by atoms with Crippen molar-refractivity contribution in [3.63, 3.8) is 0 Å². The number of nitrogens with one attached hydrogen (secondary N) is 1. The highest BCUT2D eigenvalue weighted by atomic mass is 32.1. The lowest BCUT2D eigenvalue weighted by molar-refractivity contribution is -0.0810. The Kier molecular flexibility index (Phi) is 4.83. The van der Waals surface area contributed by atoms with Crippen molar-refractivity contribution in [2.75, 3.05) is 20.3 Å². The van der Waals surface area contributed by atoms with E-state index in [1.165, 1.54) is 16.9 Å². The van der Waals surface area contributed by atoms with Gasteiger partial charge in [-0.2, -0.15) is 0 Å². The van der Waals surface area contributed by atoms with Gasteiger partial charge in [-0.3, -0.25) is 4.79 Å². The van der Waals surface area contributed by atoms with Gasteiger partial charge in [0.05, 0.1) is 17.7 Å². The molecule has 2 aromatic rings. The molecule has 4 atom stereocenters. The first-order valence-electron chi connectivity index (χ1n) is 8.66. The zero-order chi connectivity index (χ0) is 17.2. The van der Waals surface area contributed by atoms with Gasteiger partial charge in [-0.15, -0.1) is 11.3 Å². The molecule has 2 aliphatic rings. The number of rotatable bonds is 6. The summed E-state index contributed by atoms with van der Waals surface area (Å²) in [7, 11) is 1.69. The predicted molar refractivity (Wildman–Crippen MR) is 95.8 cm³/mol. The molecule has 0 radical (unpaired) electrons. The Morgan fingerprint density at radius 1 is 1.40 bits per heavy atom. The summed E-state index contributed by atoms with van der Waals surface area (Å²) in [6, 6.07) is 10.3. The summed E-state index contributed by atoms with van der Waals surface area (Å²) < 4.78 is 11.1. The van der Waals surface area contributed by atoms with Crippen LogP contribution in [-0.2, 0) is 15.9 Å². The molecule has 1 N–H and O–H groups in total. The number of aromatic nitrogens is 1. The number of thiazole rings is 1. The van der Waals surface area contributed by atoms with E-state index in [0.29, 0.717) is 18.2 Å². The van der Waals surface area contributed by atoms with Gasteiger partial charge >= 0.3 is 0 Å². The minimum atomic E-state index is -0.0907. The molecule has 5 nitrogen and oxygen atoms in total. The number of ether oxygens (including phenoxy) is 2. The molecule has 1 saturated carbocycles. The molecule has 2 fully saturated rings. The summed E-state index contributed by atoms with van der Waals surface area (Å²) in [5.41, 5.74) is 1.71. The van der Waals surface area contributed by atoms with Crippen LogP contribution in [0.5, 0.6) is 0 Å². The van der Waals surface area contributed by atoms with Crippen LogP contribution in [0.4, 0.5) is 0 Å². The van der Waals surface area contributed by atoms with E-state index in [9.17, 15) is 4.79 Å². The van der Waals surface area contributed by atoms with Crippen LogP contribution >= 0.6 is 11.3 Å². The minimum absolute atomic E-state index is 0.0907. The van der Waals surface area contributed by atoms with Crippen LogP contribution in [0.15, 0.2) is 35.7 Å². The average molecular weight is 358 g/mol. The lowest BCUT2D eigenvalue weighted by Crippen LogP contribution is -2.62. The van der Waals surface area contributed by atoms with Crippen LogP contribution in [0.1, 0.15) is 27.5 Å². The van der Waals surface area contributed by atoms with Gasteiger partial charge in [-0.1, -0.05) is 30.3 Å². The molecule has 132 valence electrons. The number of fused-ring (bicyclic) bond motifs is 1. The lowest BCUT2D eigenvalue weighted by Gasteiger charge is -2.47. The molecule has 6 heteroatoms. The summed E-state index contributed by atoms with van der Waals surface area (Å²) in [5, 5.41) is 5.97. The Morgan fingerprint density at radius 2 is 2.24 bits per heavy atom. The first kappa shape index (κ1) is 16.7. The molecule has 0 unspecified atom stereocenters. The molecular weight excluding hydrogens is 336 g/mol. The molecule has 25 heavy (non-hydrogen) atoms. The average Bonchev–Trinajstić information content (AvgIpc) is 3.26. The van der Waals surface area contributed by atoms with Crippen LogP contribution < -0.4 is 5.32 Å². The molecule has 1 aromatic heterocycles. The highest BCUT2D eigenvalue weighted by molar-refractivity contribution is 7.09. The third-order valence-electron chi connectivity index (χ3n) is 5.17. The molecule has 4 rings (SSSR count). The van der Waals surface area contributed by atoms with Crippen molar-refractivity contribution in [3.8, 4) is 0 Å². The quantitative estimate of drug-likeness (QED) is 0.862. The molecule has 1 aliphatic heterocycles.